The molecular weight excluding hydrogens is 420 g/mol. The van der Waals surface area contributed by atoms with Crippen LogP contribution in [0.1, 0.15) is 5.56 Å². The van der Waals surface area contributed by atoms with Crippen molar-refractivity contribution in [3.8, 4) is 5.69 Å². The average Bonchev–Trinajstić information content (AvgIpc) is 3.21. The zero-order valence-corrected chi connectivity index (χ0v) is 15.3. The molecule has 0 spiro atoms. The summed E-state index contributed by atoms with van der Waals surface area (Å²) in [6.45, 7) is -1.73. The van der Waals surface area contributed by atoms with E-state index in [9.17, 15) is 27.2 Å². The zero-order chi connectivity index (χ0) is 21.2. The molecule has 0 bridgehead atoms. The number of hydrogen-bond acceptors (Lipinski definition) is 4. The van der Waals surface area contributed by atoms with Crippen LogP contribution in [0.3, 0.4) is 0 Å². The monoisotopic (exact) mass is 432 g/mol. The van der Waals surface area contributed by atoms with Gasteiger partial charge in [0, 0.05) is 12.7 Å². The Hall–Kier alpha value is -3.15. The maximum absolute atomic E-state index is 13.4. The van der Waals surface area contributed by atoms with E-state index in [0.29, 0.717) is 10.2 Å². The van der Waals surface area contributed by atoms with Gasteiger partial charge in [-0.1, -0.05) is 17.7 Å². The number of halogens is 5. The van der Waals surface area contributed by atoms with E-state index in [4.69, 9.17) is 11.6 Å². The number of nitrogens with zero attached hydrogens (tertiary/aromatic N) is 5. The van der Waals surface area contributed by atoms with Crippen molar-refractivity contribution >= 4 is 17.5 Å². The van der Waals surface area contributed by atoms with Crippen LogP contribution in [0.5, 0.6) is 0 Å². The summed E-state index contributed by atoms with van der Waals surface area (Å²) in [5.41, 5.74) is -0.193. The average molecular weight is 433 g/mol. The van der Waals surface area contributed by atoms with Gasteiger partial charge in [-0.05, 0) is 17.7 Å². The fraction of sp³-hybridized carbons (Fsp3) is 0.250. The maximum atomic E-state index is 13.4. The lowest BCUT2D eigenvalue weighted by atomic mass is 10.2. The van der Waals surface area contributed by atoms with Gasteiger partial charge in [-0.3, -0.25) is 9.48 Å². The fourth-order valence-electron chi connectivity index (χ4n) is 2.41. The van der Waals surface area contributed by atoms with Gasteiger partial charge in [0.1, 0.15) is 25.2 Å². The first kappa shape index (κ1) is 20.6. The summed E-state index contributed by atoms with van der Waals surface area (Å²) in [5.74, 6) is -1.19. The van der Waals surface area contributed by atoms with Gasteiger partial charge in [-0.15, -0.1) is 0 Å². The molecule has 13 heteroatoms. The molecule has 0 aliphatic rings. The summed E-state index contributed by atoms with van der Waals surface area (Å²) in [4.78, 5) is 24.3. The lowest BCUT2D eigenvalue weighted by Gasteiger charge is -2.06. The summed E-state index contributed by atoms with van der Waals surface area (Å²) in [6, 6.07) is 4.05. The normalized spacial score (nSPS) is 11.6. The second-order valence-corrected chi connectivity index (χ2v) is 6.38. The SMILES string of the molecule is O=C(Cn1ncn(-c2cnn(CC(F)(F)F)c2)c1=O)NCc1ccc(Cl)c(F)c1. The van der Waals surface area contributed by atoms with Crippen LogP contribution in [0.2, 0.25) is 5.02 Å². The van der Waals surface area contributed by atoms with Crippen molar-refractivity contribution in [1.29, 1.82) is 0 Å². The van der Waals surface area contributed by atoms with E-state index >= 15 is 0 Å². The highest BCUT2D eigenvalue weighted by molar-refractivity contribution is 6.30. The number of alkyl halides is 3. The van der Waals surface area contributed by atoms with Crippen LogP contribution in [0.25, 0.3) is 5.69 Å². The van der Waals surface area contributed by atoms with E-state index in [1.165, 1.54) is 18.2 Å². The minimum atomic E-state index is -4.45. The van der Waals surface area contributed by atoms with E-state index in [-0.39, 0.29) is 17.3 Å². The molecular formula is C16H13ClF4N6O2. The van der Waals surface area contributed by atoms with E-state index in [1.54, 1.807) is 0 Å². The predicted molar refractivity (Wildman–Crippen MR) is 92.9 cm³/mol. The summed E-state index contributed by atoms with van der Waals surface area (Å²) in [5, 5.41) is 9.77. The van der Waals surface area contributed by atoms with Gasteiger partial charge < -0.3 is 5.32 Å². The molecule has 1 amide bonds. The molecule has 1 aromatic carbocycles. The Morgan fingerprint density at radius 3 is 2.69 bits per heavy atom. The van der Waals surface area contributed by atoms with Crippen LogP contribution >= 0.6 is 11.6 Å². The molecule has 2 aromatic heterocycles. The van der Waals surface area contributed by atoms with Crippen LogP contribution in [-0.4, -0.2) is 36.2 Å². The molecule has 3 aromatic rings. The van der Waals surface area contributed by atoms with E-state index in [0.717, 1.165) is 28.0 Å². The molecule has 0 radical (unpaired) electrons. The topological polar surface area (TPSA) is 86.7 Å². The van der Waals surface area contributed by atoms with Gasteiger partial charge in [0.15, 0.2) is 0 Å². The van der Waals surface area contributed by atoms with Crippen molar-refractivity contribution in [3.05, 3.63) is 63.8 Å². The second kappa shape index (κ2) is 8.07. The lowest BCUT2D eigenvalue weighted by Crippen LogP contribution is -2.33. The minimum absolute atomic E-state index is 0.00654. The van der Waals surface area contributed by atoms with E-state index < -0.39 is 36.7 Å². The Balaban J connectivity index is 1.64. The Morgan fingerprint density at radius 1 is 1.24 bits per heavy atom. The number of carbonyl (C=O) groups is 1. The minimum Gasteiger partial charge on any atom is -0.350 e. The van der Waals surface area contributed by atoms with Crippen LogP contribution in [0.4, 0.5) is 17.6 Å². The molecule has 8 nitrogen and oxygen atoms in total. The van der Waals surface area contributed by atoms with Crippen LogP contribution in [0, 0.1) is 5.82 Å². The highest BCUT2D eigenvalue weighted by Crippen LogP contribution is 2.17. The lowest BCUT2D eigenvalue weighted by molar-refractivity contribution is -0.142. The number of benzene rings is 1. The summed E-state index contributed by atoms with van der Waals surface area (Å²) in [7, 11) is 0. The molecule has 0 saturated heterocycles. The van der Waals surface area contributed by atoms with Gasteiger partial charge in [0.25, 0.3) is 0 Å². The van der Waals surface area contributed by atoms with Crippen molar-refractivity contribution in [2.75, 3.05) is 0 Å². The Kier molecular flexibility index (Phi) is 5.73. The molecule has 0 saturated carbocycles. The number of hydrogen-bond donors (Lipinski definition) is 1. The molecule has 0 unspecified atom stereocenters. The molecule has 0 fully saturated rings. The highest BCUT2D eigenvalue weighted by atomic mass is 35.5. The molecule has 1 N–H and O–H groups in total. The third-order valence-electron chi connectivity index (χ3n) is 3.74. The number of nitrogens with one attached hydrogen (secondary N) is 1. The Labute approximate surface area is 165 Å². The predicted octanol–water partition coefficient (Wildman–Crippen LogP) is 1.90. The van der Waals surface area contributed by atoms with Gasteiger partial charge >= 0.3 is 11.9 Å². The van der Waals surface area contributed by atoms with Crippen molar-refractivity contribution in [2.45, 2.75) is 25.8 Å². The number of aromatic nitrogens is 5. The van der Waals surface area contributed by atoms with E-state index in [1.807, 2.05) is 0 Å². The first-order valence-corrected chi connectivity index (χ1v) is 8.45. The van der Waals surface area contributed by atoms with Crippen LogP contribution in [-0.2, 0) is 24.4 Å². The Bertz CT molecular complexity index is 1090. The largest absolute Gasteiger partial charge is 0.408 e. The van der Waals surface area contributed by atoms with Gasteiger partial charge in [-0.25, -0.2) is 18.4 Å². The molecule has 3 rings (SSSR count). The van der Waals surface area contributed by atoms with Crippen LogP contribution in [0.15, 0.2) is 41.7 Å². The fourth-order valence-corrected chi connectivity index (χ4v) is 2.53. The third-order valence-corrected chi connectivity index (χ3v) is 4.05. The zero-order valence-electron chi connectivity index (χ0n) is 14.5. The second-order valence-electron chi connectivity index (χ2n) is 5.98. The van der Waals surface area contributed by atoms with Crippen molar-refractivity contribution < 1.29 is 22.4 Å². The van der Waals surface area contributed by atoms with E-state index in [2.05, 4.69) is 15.5 Å². The molecule has 29 heavy (non-hydrogen) atoms. The molecule has 154 valence electrons. The standard InChI is InChI=1S/C16H13ClF4N6O2/c17-12-2-1-10(3-13(12)18)4-22-14(28)7-27-15(29)26(9-24-27)11-5-23-25(6-11)8-16(19,20)21/h1-3,5-6,9H,4,7-8H2,(H,22,28). The van der Waals surface area contributed by atoms with Gasteiger partial charge in [-0.2, -0.15) is 23.4 Å². The first-order valence-electron chi connectivity index (χ1n) is 8.07. The summed E-state index contributed by atoms with van der Waals surface area (Å²) < 4.78 is 53.0. The first-order chi connectivity index (χ1) is 13.6. The molecule has 2 heterocycles. The molecule has 0 atom stereocenters. The number of amides is 1. The number of carbonyl (C=O) groups excluding carboxylic acids is 1. The summed E-state index contributed by atoms with van der Waals surface area (Å²) in [6.07, 6.45) is -1.27. The third kappa shape index (κ3) is 5.22. The molecule has 0 aliphatic heterocycles. The Morgan fingerprint density at radius 2 is 2.00 bits per heavy atom. The van der Waals surface area contributed by atoms with Crippen LogP contribution < -0.4 is 11.0 Å². The van der Waals surface area contributed by atoms with Crippen molar-refractivity contribution in [1.82, 2.24) is 29.4 Å². The quantitative estimate of drug-likeness (QED) is 0.603. The maximum Gasteiger partial charge on any atom is 0.408 e. The van der Waals surface area contributed by atoms with Gasteiger partial charge in [0.05, 0.1) is 16.9 Å². The smallest absolute Gasteiger partial charge is 0.350 e. The van der Waals surface area contributed by atoms with Gasteiger partial charge in [0.2, 0.25) is 5.91 Å². The number of rotatable bonds is 6. The molecule has 0 aliphatic carbocycles. The highest BCUT2D eigenvalue weighted by Gasteiger charge is 2.28. The van der Waals surface area contributed by atoms with Crippen molar-refractivity contribution in [2.24, 2.45) is 0 Å². The van der Waals surface area contributed by atoms with Crippen molar-refractivity contribution in [3.63, 3.8) is 0 Å². The summed E-state index contributed by atoms with van der Waals surface area (Å²) >= 11 is 5.58.